The zero-order valence-corrected chi connectivity index (χ0v) is 19.0. The first kappa shape index (κ1) is 26.5. The monoisotopic (exact) mass is 414 g/mol. The Morgan fingerprint density at radius 3 is 2.29 bits per heavy atom. The molecule has 1 N–H and O–H groups in total. The summed E-state index contributed by atoms with van der Waals surface area (Å²) in [7, 11) is 0. The molecule has 1 aromatic carbocycles. The van der Waals surface area contributed by atoms with E-state index in [9.17, 15) is 4.79 Å². The molecule has 0 aliphatic carbocycles. The van der Waals surface area contributed by atoms with Gasteiger partial charge in [-0.1, -0.05) is 44.7 Å². The Bertz CT molecular complexity index is 530. The average Bonchev–Trinajstić information content (AvgIpc) is 2.62. The van der Waals surface area contributed by atoms with E-state index in [2.05, 4.69) is 44.8 Å². The molecule has 0 saturated heterocycles. The Labute approximate surface area is 177 Å². The van der Waals surface area contributed by atoms with Gasteiger partial charge in [0.25, 0.3) is 0 Å². The number of ether oxygens (including phenoxy) is 2. The van der Waals surface area contributed by atoms with Gasteiger partial charge in [-0.15, -0.1) is 12.4 Å². The van der Waals surface area contributed by atoms with E-state index in [0.717, 1.165) is 13.0 Å². The second-order valence-electron chi connectivity index (χ2n) is 7.45. The van der Waals surface area contributed by atoms with Crippen LogP contribution in [0.15, 0.2) is 24.3 Å². The van der Waals surface area contributed by atoms with E-state index in [1.807, 2.05) is 24.3 Å². The van der Waals surface area contributed by atoms with Crippen LogP contribution in [0.2, 0.25) is 0 Å². The second-order valence-corrected chi connectivity index (χ2v) is 7.45. The van der Waals surface area contributed by atoms with Gasteiger partial charge in [0.1, 0.15) is 12.4 Å². The van der Waals surface area contributed by atoms with Gasteiger partial charge in [0.05, 0.1) is 12.3 Å². The minimum absolute atomic E-state index is 0. The van der Waals surface area contributed by atoms with E-state index in [1.165, 1.54) is 25.7 Å². The lowest BCUT2D eigenvalue weighted by Gasteiger charge is -2.30. The van der Waals surface area contributed by atoms with E-state index in [1.54, 1.807) is 0 Å². The number of benzene rings is 1. The third-order valence-corrected chi connectivity index (χ3v) is 4.54. The van der Waals surface area contributed by atoms with Gasteiger partial charge in [-0.2, -0.15) is 0 Å². The Morgan fingerprint density at radius 1 is 1.00 bits per heavy atom. The van der Waals surface area contributed by atoms with Crippen LogP contribution in [0.3, 0.4) is 0 Å². The first-order chi connectivity index (χ1) is 13.0. The molecule has 5 nitrogen and oxygen atoms in total. The van der Waals surface area contributed by atoms with E-state index < -0.39 is 6.09 Å². The van der Waals surface area contributed by atoms with Gasteiger partial charge in [-0.25, -0.2) is 4.79 Å². The molecule has 0 saturated carbocycles. The van der Waals surface area contributed by atoms with E-state index in [-0.39, 0.29) is 12.4 Å². The Kier molecular flexibility index (Phi) is 14.7. The van der Waals surface area contributed by atoms with Crippen LogP contribution < -0.4 is 10.1 Å². The van der Waals surface area contributed by atoms with E-state index in [0.29, 0.717) is 36.7 Å². The minimum Gasteiger partial charge on any atom is -0.491 e. The summed E-state index contributed by atoms with van der Waals surface area (Å²) in [6.07, 6.45) is 5.51. The fourth-order valence-electron chi connectivity index (χ4n) is 3.09. The number of para-hydroxylation sites is 2. The minimum atomic E-state index is -0.443. The van der Waals surface area contributed by atoms with Crippen LogP contribution in [-0.2, 0) is 4.74 Å². The number of rotatable bonds is 13. The Morgan fingerprint density at radius 2 is 1.64 bits per heavy atom. The van der Waals surface area contributed by atoms with Crippen LogP contribution in [0, 0.1) is 0 Å². The van der Waals surface area contributed by atoms with Gasteiger partial charge in [0.15, 0.2) is 0 Å². The number of hydrogen-bond acceptors (Lipinski definition) is 4. The van der Waals surface area contributed by atoms with Crippen molar-refractivity contribution in [2.24, 2.45) is 0 Å². The summed E-state index contributed by atoms with van der Waals surface area (Å²) in [5.41, 5.74) is 0.653. The van der Waals surface area contributed by atoms with Crippen molar-refractivity contribution in [2.45, 2.75) is 78.8 Å². The molecule has 0 atom stereocenters. The lowest BCUT2D eigenvalue weighted by molar-refractivity contribution is 0.111. The molecule has 1 amide bonds. The van der Waals surface area contributed by atoms with Crippen LogP contribution in [0.4, 0.5) is 10.5 Å². The summed E-state index contributed by atoms with van der Waals surface area (Å²) in [5.74, 6) is 0.691. The zero-order valence-electron chi connectivity index (χ0n) is 18.2. The SMILES string of the molecule is CCCCCCCOc1ccccc1NC(=O)OCCN(C(C)C)C(C)C.Cl. The lowest BCUT2D eigenvalue weighted by Crippen LogP contribution is -2.39. The van der Waals surface area contributed by atoms with Crippen LogP contribution >= 0.6 is 12.4 Å². The first-order valence-corrected chi connectivity index (χ1v) is 10.4. The molecule has 0 unspecified atom stereocenters. The predicted molar refractivity (Wildman–Crippen MR) is 120 cm³/mol. The number of hydrogen-bond donors (Lipinski definition) is 1. The smallest absolute Gasteiger partial charge is 0.411 e. The number of amides is 1. The largest absolute Gasteiger partial charge is 0.491 e. The molecule has 6 heteroatoms. The Balaban J connectivity index is 0.00000729. The molecule has 162 valence electrons. The van der Waals surface area contributed by atoms with Crippen molar-refractivity contribution < 1.29 is 14.3 Å². The number of nitrogens with zero attached hydrogens (tertiary/aromatic N) is 1. The number of carbonyl (C=O) groups is 1. The number of anilines is 1. The maximum Gasteiger partial charge on any atom is 0.411 e. The van der Waals surface area contributed by atoms with Crippen molar-refractivity contribution in [1.82, 2.24) is 4.90 Å². The molecule has 0 aliphatic heterocycles. The molecule has 0 spiro atoms. The third-order valence-electron chi connectivity index (χ3n) is 4.54. The van der Waals surface area contributed by atoms with Gasteiger partial charge in [0, 0.05) is 18.6 Å². The van der Waals surface area contributed by atoms with Crippen molar-refractivity contribution in [3.05, 3.63) is 24.3 Å². The highest BCUT2D eigenvalue weighted by atomic mass is 35.5. The highest BCUT2D eigenvalue weighted by Crippen LogP contribution is 2.24. The van der Waals surface area contributed by atoms with Crippen molar-refractivity contribution >= 4 is 24.2 Å². The molecular formula is C22H39ClN2O3. The molecule has 0 fully saturated rings. The molecule has 0 aromatic heterocycles. The normalized spacial score (nSPS) is 10.9. The number of halogens is 1. The fourth-order valence-corrected chi connectivity index (χ4v) is 3.09. The highest BCUT2D eigenvalue weighted by molar-refractivity contribution is 5.86. The fraction of sp³-hybridized carbons (Fsp3) is 0.682. The van der Waals surface area contributed by atoms with Crippen LogP contribution in [0.5, 0.6) is 5.75 Å². The van der Waals surface area contributed by atoms with Gasteiger partial charge in [-0.05, 0) is 46.2 Å². The van der Waals surface area contributed by atoms with Crippen molar-refractivity contribution in [3.8, 4) is 5.75 Å². The van der Waals surface area contributed by atoms with Gasteiger partial charge < -0.3 is 9.47 Å². The van der Waals surface area contributed by atoms with E-state index in [4.69, 9.17) is 9.47 Å². The first-order valence-electron chi connectivity index (χ1n) is 10.4. The van der Waals surface area contributed by atoms with Gasteiger partial charge in [0.2, 0.25) is 0 Å². The molecule has 1 aromatic rings. The summed E-state index contributed by atoms with van der Waals surface area (Å²) in [6, 6.07) is 8.34. The highest BCUT2D eigenvalue weighted by Gasteiger charge is 2.14. The average molecular weight is 415 g/mol. The molecule has 0 heterocycles. The predicted octanol–water partition coefficient (Wildman–Crippen LogP) is 6.12. The molecule has 1 rings (SSSR count). The number of carbonyl (C=O) groups excluding carboxylic acids is 1. The van der Waals surface area contributed by atoms with Crippen molar-refractivity contribution in [3.63, 3.8) is 0 Å². The number of unbranched alkanes of at least 4 members (excludes halogenated alkanes) is 4. The van der Waals surface area contributed by atoms with Crippen molar-refractivity contribution in [1.29, 1.82) is 0 Å². The van der Waals surface area contributed by atoms with Crippen LogP contribution in [0.25, 0.3) is 0 Å². The molecular weight excluding hydrogens is 376 g/mol. The quantitative estimate of drug-likeness (QED) is 0.394. The zero-order chi connectivity index (χ0) is 20.1. The Hall–Kier alpha value is -1.46. The topological polar surface area (TPSA) is 50.8 Å². The summed E-state index contributed by atoms with van der Waals surface area (Å²) in [5, 5.41) is 2.80. The maximum absolute atomic E-state index is 12.1. The van der Waals surface area contributed by atoms with Gasteiger partial charge in [-0.3, -0.25) is 10.2 Å². The maximum atomic E-state index is 12.1. The summed E-state index contributed by atoms with van der Waals surface area (Å²) in [6.45, 7) is 12.6. The van der Waals surface area contributed by atoms with E-state index >= 15 is 0 Å². The summed E-state index contributed by atoms with van der Waals surface area (Å²) in [4.78, 5) is 14.4. The van der Waals surface area contributed by atoms with Crippen molar-refractivity contribution in [2.75, 3.05) is 25.1 Å². The summed E-state index contributed by atoms with van der Waals surface area (Å²) < 4.78 is 11.2. The number of nitrogens with one attached hydrogen (secondary N) is 1. The molecule has 0 radical (unpaired) electrons. The van der Waals surface area contributed by atoms with Crippen LogP contribution in [0.1, 0.15) is 66.7 Å². The molecule has 0 bridgehead atoms. The molecule has 28 heavy (non-hydrogen) atoms. The lowest BCUT2D eigenvalue weighted by atomic mass is 10.2. The van der Waals surface area contributed by atoms with Crippen LogP contribution in [-0.4, -0.2) is 42.8 Å². The standard InChI is InChI=1S/C22H38N2O3.ClH/c1-6-7-8-9-12-16-26-21-14-11-10-13-20(21)23-22(25)27-17-15-24(18(2)3)19(4)5;/h10-11,13-14,18-19H,6-9,12,15-17H2,1-5H3,(H,23,25);1H. The second kappa shape index (κ2) is 15.5. The third kappa shape index (κ3) is 10.8. The van der Waals surface area contributed by atoms with Gasteiger partial charge >= 0.3 is 6.09 Å². The molecule has 0 aliphatic rings. The summed E-state index contributed by atoms with van der Waals surface area (Å²) >= 11 is 0.